The molecule has 0 amide bonds. The summed E-state index contributed by atoms with van der Waals surface area (Å²) in [6.45, 7) is 12.9. The Balaban J connectivity index is 1.49. The van der Waals surface area contributed by atoms with Gasteiger partial charge in [0, 0.05) is 49.9 Å². The normalized spacial score (nSPS) is 12.1. The molecule has 2 aliphatic rings. The van der Waals surface area contributed by atoms with Crippen molar-refractivity contribution in [1.29, 1.82) is 0 Å². The van der Waals surface area contributed by atoms with Gasteiger partial charge in [-0.1, -0.05) is 83.9 Å². The third kappa shape index (κ3) is 6.42. The van der Waals surface area contributed by atoms with Gasteiger partial charge >= 0.3 is 0 Å². The molecule has 0 saturated carbocycles. The maximum absolute atomic E-state index is 11.7. The van der Waals surface area contributed by atoms with Crippen LogP contribution in [0.2, 0.25) is 0 Å². The predicted molar refractivity (Wildman–Crippen MR) is 240 cm³/mol. The van der Waals surface area contributed by atoms with Gasteiger partial charge in [-0.15, -0.1) is 0 Å². The summed E-state index contributed by atoms with van der Waals surface area (Å²) >= 11 is 0. The number of carbonyl (C=O) groups excluding carboxylic acids is 1. The summed E-state index contributed by atoms with van der Waals surface area (Å²) in [5.41, 5.74) is 23.7. The lowest BCUT2D eigenvalue weighted by Crippen LogP contribution is -1.95. The molecule has 0 spiro atoms. The number of aldehydes is 1. The number of fused-ring (bicyclic) bond motifs is 8. The van der Waals surface area contributed by atoms with Crippen molar-refractivity contribution in [2.75, 3.05) is 0 Å². The first-order chi connectivity index (χ1) is 28.1. The first-order valence-corrected chi connectivity index (χ1v) is 19.7. The van der Waals surface area contributed by atoms with Gasteiger partial charge in [-0.3, -0.25) is 4.79 Å². The average molecular weight is 757 g/mol. The van der Waals surface area contributed by atoms with Crippen molar-refractivity contribution in [2.24, 2.45) is 0 Å². The smallest absolute Gasteiger partial charge is 0.150 e. The molecule has 58 heavy (non-hydrogen) atoms. The minimum absolute atomic E-state index is 0.0296. The lowest BCUT2D eigenvalue weighted by Gasteiger charge is -2.13. The van der Waals surface area contributed by atoms with Gasteiger partial charge < -0.3 is 15.1 Å². The topological polar surface area (TPSA) is 94.7 Å². The highest BCUT2D eigenvalue weighted by atomic mass is 16.3. The average Bonchev–Trinajstić information content (AvgIpc) is 4.05. The molecule has 0 fully saturated rings. The molecule has 0 saturated heterocycles. The molecule has 0 aliphatic carbocycles. The number of aromatic nitrogens is 4. The Morgan fingerprint density at radius 1 is 0.466 bits per heavy atom. The molecule has 0 atom stereocenters. The Bertz CT molecular complexity index is 2950. The van der Waals surface area contributed by atoms with Crippen LogP contribution < -0.4 is 0 Å². The Morgan fingerprint density at radius 2 is 0.810 bits per heavy atom. The second-order valence-electron chi connectivity index (χ2n) is 15.6. The molecule has 6 nitrogen and oxygen atoms in total. The maximum atomic E-state index is 11.7. The number of nitrogens with zero attached hydrogens (tertiary/aromatic N) is 2. The number of hydrogen-bond acceptors (Lipinski definition) is 4. The number of aryl methyl sites for hydroxylation is 6. The maximum Gasteiger partial charge on any atom is 0.150 e. The summed E-state index contributed by atoms with van der Waals surface area (Å²) in [4.78, 5) is 30.4. The van der Waals surface area contributed by atoms with Gasteiger partial charge in [0.25, 0.3) is 0 Å². The van der Waals surface area contributed by atoms with E-state index in [1.807, 2.05) is 36.4 Å². The first-order valence-electron chi connectivity index (χ1n) is 19.7. The minimum Gasteiger partial charge on any atom is -0.392 e. The molecular formula is C52H44N4O2. The summed E-state index contributed by atoms with van der Waals surface area (Å²) in [6.07, 6.45) is 9.33. The van der Waals surface area contributed by atoms with E-state index in [4.69, 9.17) is 9.97 Å². The van der Waals surface area contributed by atoms with Crippen LogP contribution in [0.25, 0.3) is 90.9 Å². The molecule has 0 unspecified atom stereocenters. The molecule has 6 heteroatoms. The molecule has 5 heterocycles. The highest BCUT2D eigenvalue weighted by molar-refractivity contribution is 6.01. The second kappa shape index (κ2) is 14.6. The van der Waals surface area contributed by atoms with Crippen LogP contribution in [0, 0.1) is 41.5 Å². The van der Waals surface area contributed by atoms with Gasteiger partial charge in [0.15, 0.2) is 0 Å². The molecule has 9 rings (SSSR count). The molecule has 7 aromatic rings. The van der Waals surface area contributed by atoms with Crippen LogP contribution in [-0.4, -0.2) is 31.3 Å². The van der Waals surface area contributed by atoms with E-state index in [9.17, 15) is 9.90 Å². The fraction of sp³-hybridized carbons (Fsp3) is 0.135. The molecule has 4 aromatic carbocycles. The second-order valence-corrected chi connectivity index (χ2v) is 15.6. The number of benzene rings is 4. The highest BCUT2D eigenvalue weighted by Crippen LogP contribution is 2.41. The van der Waals surface area contributed by atoms with Gasteiger partial charge in [-0.05, 0) is 140 Å². The predicted octanol–water partition coefficient (Wildman–Crippen LogP) is 12.5. The van der Waals surface area contributed by atoms with Gasteiger partial charge in [-0.2, -0.15) is 0 Å². The van der Waals surface area contributed by atoms with Crippen molar-refractivity contribution in [3.05, 3.63) is 164 Å². The number of aliphatic hydroxyl groups excluding tert-OH is 1. The van der Waals surface area contributed by atoms with Crippen LogP contribution in [-0.2, 0) is 6.61 Å². The molecule has 0 radical (unpaired) electrons. The van der Waals surface area contributed by atoms with Crippen molar-refractivity contribution in [3.8, 4) is 44.5 Å². The standard InChI is InChI=1S/C52H44N4O2/c1-29-23-31(3)47(32(4)24-29)51-43-19-15-39(53-43)49(37-11-7-35(27-57)8-12-37)41-17-21-45(55-41)52(48-33(5)25-30(2)26-34(48)6)46-22-18-42(56-46)50(40-16-20-44(51)54-40)38-13-9-36(28-58)10-14-38/h7-27,53,56,58H,28H2,1-6H3. The van der Waals surface area contributed by atoms with Gasteiger partial charge in [-0.25, -0.2) is 9.97 Å². The number of aromatic amines is 2. The van der Waals surface area contributed by atoms with Crippen LogP contribution in [0.1, 0.15) is 72.1 Å². The summed E-state index contributed by atoms with van der Waals surface area (Å²) in [7, 11) is 0. The van der Waals surface area contributed by atoms with E-state index < -0.39 is 0 Å². The lowest BCUT2D eigenvalue weighted by atomic mass is 9.92. The van der Waals surface area contributed by atoms with Gasteiger partial charge in [0.2, 0.25) is 0 Å². The van der Waals surface area contributed by atoms with Crippen LogP contribution in [0.3, 0.4) is 0 Å². The Kier molecular flexibility index (Phi) is 9.22. The summed E-state index contributed by atoms with van der Waals surface area (Å²) in [5.74, 6) is 0. The Morgan fingerprint density at radius 3 is 1.17 bits per heavy atom. The van der Waals surface area contributed by atoms with E-state index in [2.05, 4.69) is 136 Å². The van der Waals surface area contributed by atoms with Gasteiger partial charge in [0.05, 0.1) is 29.4 Å². The van der Waals surface area contributed by atoms with Crippen molar-refractivity contribution in [2.45, 2.75) is 48.1 Å². The molecule has 3 N–H and O–H groups in total. The van der Waals surface area contributed by atoms with Crippen LogP contribution in [0.4, 0.5) is 0 Å². The fourth-order valence-corrected chi connectivity index (χ4v) is 8.99. The summed E-state index contributed by atoms with van der Waals surface area (Å²) in [5, 5.41) is 9.92. The molecule has 8 bridgehead atoms. The zero-order valence-corrected chi connectivity index (χ0v) is 33.6. The summed E-state index contributed by atoms with van der Waals surface area (Å²) in [6, 6.07) is 33.3. The van der Waals surface area contributed by atoms with E-state index in [0.29, 0.717) is 5.56 Å². The lowest BCUT2D eigenvalue weighted by molar-refractivity contribution is 0.112. The monoisotopic (exact) mass is 756 g/mol. The molecule has 284 valence electrons. The summed E-state index contributed by atoms with van der Waals surface area (Å²) < 4.78 is 0. The van der Waals surface area contributed by atoms with Crippen LogP contribution >= 0.6 is 0 Å². The van der Waals surface area contributed by atoms with E-state index in [1.54, 1.807) is 0 Å². The number of carbonyl (C=O) groups is 1. The number of rotatable bonds is 6. The Labute approximate surface area is 338 Å². The third-order valence-corrected chi connectivity index (χ3v) is 11.4. The van der Waals surface area contributed by atoms with Crippen LogP contribution in [0.5, 0.6) is 0 Å². The number of aliphatic hydroxyl groups is 1. The molecule has 2 aliphatic heterocycles. The highest BCUT2D eigenvalue weighted by Gasteiger charge is 2.21. The number of H-pyrrole nitrogens is 2. The minimum atomic E-state index is -0.0296. The van der Waals surface area contributed by atoms with Gasteiger partial charge in [0.1, 0.15) is 6.29 Å². The fourth-order valence-electron chi connectivity index (χ4n) is 8.99. The van der Waals surface area contributed by atoms with E-state index in [0.717, 1.165) is 101 Å². The SMILES string of the molecule is Cc1cc(C)c(-c2c3nc(c(-c4ccc(CO)cc4)c4ccc([nH]4)c(-c4c(C)cc(C)cc4C)c4nc(c(-c5ccc(C=O)cc5)c5ccc2[nH]5)C=C4)C=C3)c(C)c1. The molecule has 3 aromatic heterocycles. The molecular weight excluding hydrogens is 713 g/mol. The van der Waals surface area contributed by atoms with Crippen LogP contribution in [0.15, 0.2) is 97.1 Å². The largest absolute Gasteiger partial charge is 0.392 e. The number of hydrogen-bond donors (Lipinski definition) is 3. The van der Waals surface area contributed by atoms with Crippen molar-refractivity contribution in [1.82, 2.24) is 19.9 Å². The third-order valence-electron chi connectivity index (χ3n) is 11.4. The first kappa shape index (κ1) is 36.7. The van der Waals surface area contributed by atoms with Crippen molar-refractivity contribution < 1.29 is 9.90 Å². The zero-order chi connectivity index (χ0) is 40.2. The van der Waals surface area contributed by atoms with E-state index >= 15 is 0 Å². The Hall–Kier alpha value is -6.89. The van der Waals surface area contributed by atoms with E-state index in [1.165, 1.54) is 33.4 Å². The number of nitrogens with one attached hydrogen (secondary N) is 2. The zero-order valence-electron chi connectivity index (χ0n) is 33.6. The van der Waals surface area contributed by atoms with Crippen molar-refractivity contribution in [3.63, 3.8) is 0 Å². The quantitative estimate of drug-likeness (QED) is 0.147. The van der Waals surface area contributed by atoms with Crippen molar-refractivity contribution >= 4 is 52.7 Å². The van der Waals surface area contributed by atoms with E-state index in [-0.39, 0.29) is 6.61 Å².